The van der Waals surface area contributed by atoms with E-state index in [1.165, 1.54) is 32.1 Å². The Morgan fingerprint density at radius 3 is 2.85 bits per heavy atom. The molecule has 26 heavy (non-hydrogen) atoms. The predicted octanol–water partition coefficient (Wildman–Crippen LogP) is 2.52. The summed E-state index contributed by atoms with van der Waals surface area (Å²) in [6, 6.07) is 0. The maximum Gasteiger partial charge on any atom is 0.220 e. The summed E-state index contributed by atoms with van der Waals surface area (Å²) in [6.07, 6.45) is 9.74. The van der Waals surface area contributed by atoms with E-state index in [9.17, 15) is 4.79 Å². The number of carbonyl (C=O) groups excluding carboxylic acids is 1. The second-order valence-electron chi connectivity index (χ2n) is 7.85. The number of halogens is 1. The molecule has 0 aromatic rings. The van der Waals surface area contributed by atoms with E-state index in [1.807, 2.05) is 0 Å². The number of amides is 1. The Bertz CT molecular complexity index is 482. The van der Waals surface area contributed by atoms with E-state index in [-0.39, 0.29) is 35.3 Å². The second-order valence-corrected chi connectivity index (χ2v) is 7.85. The van der Waals surface area contributed by atoms with Crippen LogP contribution in [0.1, 0.15) is 58.3 Å². The first-order valence-corrected chi connectivity index (χ1v) is 10.1. The SMILES string of the molecule is CCNC(=NCCOC1CCCCC1)N1CCCC2(CNC(=O)C2)C1.I. The monoisotopic (exact) mass is 478 g/mol. The average molecular weight is 478 g/mol. The molecule has 2 aliphatic heterocycles. The summed E-state index contributed by atoms with van der Waals surface area (Å²) in [5.41, 5.74) is 0.101. The van der Waals surface area contributed by atoms with Gasteiger partial charge in [0.2, 0.25) is 5.91 Å². The highest BCUT2D eigenvalue weighted by Gasteiger charge is 2.42. The molecule has 3 fully saturated rings. The quantitative estimate of drug-likeness (QED) is 0.276. The van der Waals surface area contributed by atoms with Crippen molar-refractivity contribution in [3.63, 3.8) is 0 Å². The van der Waals surface area contributed by atoms with Crippen LogP contribution in [0.3, 0.4) is 0 Å². The summed E-state index contributed by atoms with van der Waals surface area (Å²) < 4.78 is 6.00. The summed E-state index contributed by atoms with van der Waals surface area (Å²) in [5, 5.41) is 6.44. The Morgan fingerprint density at radius 1 is 1.35 bits per heavy atom. The van der Waals surface area contributed by atoms with Crippen LogP contribution in [-0.4, -0.2) is 62.2 Å². The number of ether oxygens (including phenoxy) is 1. The number of guanidine groups is 1. The van der Waals surface area contributed by atoms with Gasteiger partial charge in [0.1, 0.15) is 0 Å². The molecule has 1 amide bonds. The van der Waals surface area contributed by atoms with Gasteiger partial charge in [0.25, 0.3) is 0 Å². The van der Waals surface area contributed by atoms with Gasteiger partial charge in [0.15, 0.2) is 5.96 Å². The van der Waals surface area contributed by atoms with Crippen LogP contribution in [0.5, 0.6) is 0 Å². The highest BCUT2D eigenvalue weighted by molar-refractivity contribution is 14.0. The molecule has 2 N–H and O–H groups in total. The van der Waals surface area contributed by atoms with Crippen LogP contribution in [0, 0.1) is 5.41 Å². The van der Waals surface area contributed by atoms with Crippen LogP contribution in [0.15, 0.2) is 4.99 Å². The normalized spacial score (nSPS) is 27.3. The van der Waals surface area contributed by atoms with E-state index in [1.54, 1.807) is 0 Å². The van der Waals surface area contributed by atoms with Gasteiger partial charge in [0, 0.05) is 38.0 Å². The van der Waals surface area contributed by atoms with E-state index >= 15 is 0 Å². The summed E-state index contributed by atoms with van der Waals surface area (Å²) >= 11 is 0. The van der Waals surface area contributed by atoms with Crippen molar-refractivity contribution < 1.29 is 9.53 Å². The standard InChI is InChI=1S/C19H34N4O2.HI/c1-2-20-18(21-10-12-25-16-7-4-3-5-8-16)23-11-6-9-19(15-23)13-17(24)22-14-19;/h16H,2-15H2,1H3,(H,20,21)(H,22,24);1H. The smallest absolute Gasteiger partial charge is 0.220 e. The molecule has 1 aliphatic carbocycles. The van der Waals surface area contributed by atoms with E-state index in [2.05, 4.69) is 22.5 Å². The fourth-order valence-electron chi connectivity index (χ4n) is 4.46. The van der Waals surface area contributed by atoms with Crippen molar-refractivity contribution in [2.45, 2.75) is 64.4 Å². The maximum absolute atomic E-state index is 11.7. The Labute approximate surface area is 174 Å². The minimum absolute atomic E-state index is 0. The van der Waals surface area contributed by atoms with Gasteiger partial charge in [-0.2, -0.15) is 0 Å². The van der Waals surface area contributed by atoms with Gasteiger partial charge in [-0.15, -0.1) is 24.0 Å². The first kappa shape index (κ1) is 21.7. The number of nitrogens with one attached hydrogen (secondary N) is 2. The van der Waals surface area contributed by atoms with Crippen LogP contribution in [0.2, 0.25) is 0 Å². The Kier molecular flexibility index (Phi) is 8.93. The minimum atomic E-state index is 0. The van der Waals surface area contributed by atoms with Gasteiger partial charge < -0.3 is 20.3 Å². The molecule has 7 heteroatoms. The van der Waals surface area contributed by atoms with E-state index in [0.717, 1.165) is 45.0 Å². The number of carbonyl (C=O) groups is 1. The second kappa shape index (κ2) is 10.7. The third-order valence-corrected chi connectivity index (χ3v) is 5.75. The molecule has 0 bridgehead atoms. The van der Waals surface area contributed by atoms with Crippen molar-refractivity contribution in [1.29, 1.82) is 0 Å². The largest absolute Gasteiger partial charge is 0.376 e. The number of aliphatic imine (C=N–C) groups is 1. The van der Waals surface area contributed by atoms with Gasteiger partial charge >= 0.3 is 0 Å². The van der Waals surface area contributed by atoms with Crippen molar-refractivity contribution in [3.05, 3.63) is 0 Å². The number of hydrogen-bond acceptors (Lipinski definition) is 3. The van der Waals surface area contributed by atoms with Gasteiger partial charge in [-0.25, -0.2) is 0 Å². The minimum Gasteiger partial charge on any atom is -0.376 e. The Morgan fingerprint density at radius 2 is 2.15 bits per heavy atom. The van der Waals surface area contributed by atoms with Crippen molar-refractivity contribution in [3.8, 4) is 0 Å². The molecule has 3 rings (SSSR count). The number of nitrogens with zero attached hydrogens (tertiary/aromatic N) is 2. The van der Waals surface area contributed by atoms with Gasteiger partial charge in [-0.05, 0) is 32.6 Å². The highest BCUT2D eigenvalue weighted by Crippen LogP contribution is 2.36. The number of rotatable bonds is 5. The molecule has 1 saturated carbocycles. The van der Waals surface area contributed by atoms with Crippen molar-refractivity contribution >= 4 is 35.8 Å². The zero-order valence-corrected chi connectivity index (χ0v) is 18.4. The molecule has 3 aliphatic rings. The first-order chi connectivity index (χ1) is 12.2. The topological polar surface area (TPSA) is 66.0 Å². The van der Waals surface area contributed by atoms with Gasteiger partial charge in [-0.1, -0.05) is 19.3 Å². The van der Waals surface area contributed by atoms with Crippen molar-refractivity contribution in [1.82, 2.24) is 15.5 Å². The molecule has 6 nitrogen and oxygen atoms in total. The lowest BCUT2D eigenvalue weighted by Gasteiger charge is -2.40. The van der Waals surface area contributed by atoms with Gasteiger partial charge in [0.05, 0.1) is 19.3 Å². The van der Waals surface area contributed by atoms with Crippen LogP contribution in [0.4, 0.5) is 0 Å². The van der Waals surface area contributed by atoms with Crippen molar-refractivity contribution in [2.75, 3.05) is 39.3 Å². The first-order valence-electron chi connectivity index (χ1n) is 10.1. The van der Waals surface area contributed by atoms with E-state index < -0.39 is 0 Å². The summed E-state index contributed by atoms with van der Waals surface area (Å²) in [5.74, 6) is 1.18. The lowest BCUT2D eigenvalue weighted by Crippen LogP contribution is -2.51. The lowest BCUT2D eigenvalue weighted by atomic mass is 9.79. The van der Waals surface area contributed by atoms with Crippen LogP contribution >= 0.6 is 24.0 Å². The number of hydrogen-bond donors (Lipinski definition) is 2. The predicted molar refractivity (Wildman–Crippen MR) is 115 cm³/mol. The highest BCUT2D eigenvalue weighted by atomic mass is 127. The maximum atomic E-state index is 11.7. The third-order valence-electron chi connectivity index (χ3n) is 5.75. The van der Waals surface area contributed by atoms with Crippen LogP contribution in [0.25, 0.3) is 0 Å². The molecule has 0 aromatic heterocycles. The lowest BCUT2D eigenvalue weighted by molar-refractivity contribution is -0.119. The fourth-order valence-corrected chi connectivity index (χ4v) is 4.46. The fraction of sp³-hybridized carbons (Fsp3) is 0.895. The molecule has 2 saturated heterocycles. The summed E-state index contributed by atoms with van der Waals surface area (Å²) in [6.45, 7) is 7.13. The molecular weight excluding hydrogens is 443 g/mol. The van der Waals surface area contributed by atoms with E-state index in [0.29, 0.717) is 25.7 Å². The third kappa shape index (κ3) is 5.97. The summed E-state index contributed by atoms with van der Waals surface area (Å²) in [7, 11) is 0. The number of piperidine rings is 1. The molecule has 2 heterocycles. The van der Waals surface area contributed by atoms with Gasteiger partial charge in [-0.3, -0.25) is 9.79 Å². The molecule has 150 valence electrons. The molecule has 1 spiro atoms. The molecular formula is C19H35IN4O2. The molecule has 0 aromatic carbocycles. The zero-order valence-electron chi connectivity index (χ0n) is 16.1. The Hall–Kier alpha value is -0.570. The van der Waals surface area contributed by atoms with Crippen molar-refractivity contribution in [2.24, 2.45) is 10.4 Å². The van der Waals surface area contributed by atoms with Crippen LogP contribution < -0.4 is 10.6 Å². The Balaban J connectivity index is 0.00000243. The molecule has 1 atom stereocenters. The summed E-state index contributed by atoms with van der Waals surface area (Å²) in [4.78, 5) is 18.8. The molecule has 1 unspecified atom stereocenters. The zero-order chi connectivity index (χ0) is 17.5. The number of likely N-dealkylation sites (tertiary alicyclic amines) is 1. The molecule has 0 radical (unpaired) electrons. The van der Waals surface area contributed by atoms with Crippen LogP contribution in [-0.2, 0) is 9.53 Å². The average Bonchev–Trinajstić information content (AvgIpc) is 2.98. The van der Waals surface area contributed by atoms with E-state index in [4.69, 9.17) is 9.73 Å².